The number of rotatable bonds is 2. The highest BCUT2D eigenvalue weighted by Crippen LogP contribution is 2.15. The Morgan fingerprint density at radius 2 is 2.08 bits per heavy atom. The summed E-state index contributed by atoms with van der Waals surface area (Å²) < 4.78 is 13.0. The lowest BCUT2D eigenvalue weighted by atomic mass is 10.1. The summed E-state index contributed by atoms with van der Waals surface area (Å²) in [6, 6.07) is 3.23. The second-order valence-electron chi connectivity index (χ2n) is 2.82. The summed E-state index contributed by atoms with van der Waals surface area (Å²) in [5.41, 5.74) is 2.00. The Morgan fingerprint density at radius 1 is 1.42 bits per heavy atom. The lowest BCUT2D eigenvalue weighted by molar-refractivity contribution is 0.614. The van der Waals surface area contributed by atoms with Crippen molar-refractivity contribution in [2.24, 2.45) is 5.18 Å². The van der Waals surface area contributed by atoms with E-state index in [0.717, 1.165) is 5.56 Å². The molecule has 0 saturated carbocycles. The molecule has 2 nitrogen and oxygen atoms in total. The number of nitrogens with zero attached hydrogens (tertiary/aromatic N) is 1. The van der Waals surface area contributed by atoms with Crippen molar-refractivity contribution < 1.29 is 4.39 Å². The molecule has 0 aliphatic heterocycles. The zero-order valence-electron chi connectivity index (χ0n) is 7.10. The second-order valence-corrected chi connectivity index (χ2v) is 2.82. The number of nitroso groups, excluding NO2 is 1. The number of aryl methyl sites for hydroxylation is 1. The van der Waals surface area contributed by atoms with Crippen molar-refractivity contribution in [1.29, 1.82) is 0 Å². The standard InChI is InChI=1S/C9H10FNO/c1-6-3-8(5-11-12)7(2)9(10)4-6/h3-4H,5H2,1-2H3. The van der Waals surface area contributed by atoms with E-state index in [2.05, 4.69) is 5.18 Å². The Labute approximate surface area is 70.4 Å². The summed E-state index contributed by atoms with van der Waals surface area (Å²) in [5, 5.41) is 2.73. The van der Waals surface area contributed by atoms with E-state index in [1.807, 2.05) is 0 Å². The molecule has 3 heteroatoms. The van der Waals surface area contributed by atoms with Gasteiger partial charge in [-0.1, -0.05) is 11.2 Å². The smallest absolute Gasteiger partial charge is 0.126 e. The van der Waals surface area contributed by atoms with Crippen LogP contribution >= 0.6 is 0 Å². The third kappa shape index (κ3) is 1.67. The molecular formula is C9H10FNO. The second kappa shape index (κ2) is 3.43. The lowest BCUT2D eigenvalue weighted by Gasteiger charge is -2.03. The van der Waals surface area contributed by atoms with Crippen molar-refractivity contribution in [2.45, 2.75) is 20.4 Å². The predicted octanol–water partition coefficient (Wildman–Crippen LogP) is 2.71. The zero-order chi connectivity index (χ0) is 9.14. The molecule has 0 unspecified atom stereocenters. The first kappa shape index (κ1) is 8.84. The van der Waals surface area contributed by atoms with Gasteiger partial charge in [-0.2, -0.15) is 4.91 Å². The maximum Gasteiger partial charge on any atom is 0.126 e. The van der Waals surface area contributed by atoms with Crippen molar-refractivity contribution >= 4 is 0 Å². The molecule has 0 N–H and O–H groups in total. The molecule has 0 aliphatic carbocycles. The molecule has 0 amide bonds. The van der Waals surface area contributed by atoms with Crippen LogP contribution in [0.3, 0.4) is 0 Å². The van der Waals surface area contributed by atoms with E-state index in [9.17, 15) is 9.30 Å². The molecule has 0 atom stereocenters. The Morgan fingerprint density at radius 3 is 2.67 bits per heavy atom. The van der Waals surface area contributed by atoms with E-state index in [0.29, 0.717) is 11.1 Å². The van der Waals surface area contributed by atoms with Crippen molar-refractivity contribution in [3.63, 3.8) is 0 Å². The van der Waals surface area contributed by atoms with Gasteiger partial charge in [-0.05, 0) is 36.6 Å². The van der Waals surface area contributed by atoms with Crippen LogP contribution in [0.4, 0.5) is 4.39 Å². The maximum atomic E-state index is 13.0. The third-order valence-electron chi connectivity index (χ3n) is 1.83. The highest BCUT2D eigenvalue weighted by atomic mass is 19.1. The molecule has 0 radical (unpaired) electrons. The maximum absolute atomic E-state index is 13.0. The van der Waals surface area contributed by atoms with Crippen LogP contribution in [-0.2, 0) is 6.54 Å². The summed E-state index contributed by atoms with van der Waals surface area (Å²) >= 11 is 0. The van der Waals surface area contributed by atoms with Gasteiger partial charge in [0.25, 0.3) is 0 Å². The average Bonchev–Trinajstić information content (AvgIpc) is 2.00. The highest BCUT2D eigenvalue weighted by molar-refractivity contribution is 5.31. The van der Waals surface area contributed by atoms with Gasteiger partial charge in [0.2, 0.25) is 0 Å². The Bertz CT molecular complexity index is 310. The van der Waals surface area contributed by atoms with Gasteiger partial charge in [0.05, 0.1) is 0 Å². The molecule has 12 heavy (non-hydrogen) atoms. The quantitative estimate of drug-likeness (QED) is 0.622. The Kier molecular flexibility index (Phi) is 2.53. The van der Waals surface area contributed by atoms with Gasteiger partial charge in [0.15, 0.2) is 0 Å². The number of hydrogen-bond donors (Lipinski definition) is 0. The molecule has 1 aromatic rings. The summed E-state index contributed by atoms with van der Waals surface area (Å²) in [6.45, 7) is 3.48. The molecule has 0 heterocycles. The van der Waals surface area contributed by atoms with Crippen LogP contribution in [0.5, 0.6) is 0 Å². The van der Waals surface area contributed by atoms with E-state index in [4.69, 9.17) is 0 Å². The van der Waals surface area contributed by atoms with E-state index < -0.39 is 0 Å². The predicted molar refractivity (Wildman–Crippen MR) is 45.4 cm³/mol. The largest absolute Gasteiger partial charge is 0.207 e. The summed E-state index contributed by atoms with van der Waals surface area (Å²) in [5.74, 6) is -0.270. The van der Waals surface area contributed by atoms with Crippen molar-refractivity contribution in [3.8, 4) is 0 Å². The molecule has 0 spiro atoms. The van der Waals surface area contributed by atoms with Crippen LogP contribution in [0.1, 0.15) is 16.7 Å². The fourth-order valence-corrected chi connectivity index (χ4v) is 1.12. The van der Waals surface area contributed by atoms with E-state index in [1.165, 1.54) is 6.07 Å². The summed E-state index contributed by atoms with van der Waals surface area (Å²) in [4.78, 5) is 9.98. The molecule has 64 valence electrons. The molecule has 0 fully saturated rings. The highest BCUT2D eigenvalue weighted by Gasteiger charge is 2.04. The normalized spacial score (nSPS) is 9.92. The first-order chi connectivity index (χ1) is 5.65. The fraction of sp³-hybridized carbons (Fsp3) is 0.333. The third-order valence-corrected chi connectivity index (χ3v) is 1.83. The van der Waals surface area contributed by atoms with Crippen LogP contribution < -0.4 is 0 Å². The van der Waals surface area contributed by atoms with Crippen LogP contribution in [0.2, 0.25) is 0 Å². The van der Waals surface area contributed by atoms with E-state index >= 15 is 0 Å². The van der Waals surface area contributed by atoms with Crippen LogP contribution in [-0.4, -0.2) is 0 Å². The van der Waals surface area contributed by atoms with Crippen molar-refractivity contribution in [2.75, 3.05) is 0 Å². The van der Waals surface area contributed by atoms with Crippen LogP contribution in [0.15, 0.2) is 17.3 Å². The fourth-order valence-electron chi connectivity index (χ4n) is 1.12. The van der Waals surface area contributed by atoms with Gasteiger partial charge in [0.1, 0.15) is 12.4 Å². The average molecular weight is 167 g/mol. The first-order valence-electron chi connectivity index (χ1n) is 3.70. The van der Waals surface area contributed by atoms with Crippen LogP contribution in [0.25, 0.3) is 0 Å². The van der Waals surface area contributed by atoms with Gasteiger partial charge < -0.3 is 0 Å². The van der Waals surface area contributed by atoms with Gasteiger partial charge >= 0.3 is 0 Å². The number of halogens is 1. The number of benzene rings is 1. The van der Waals surface area contributed by atoms with E-state index in [1.54, 1.807) is 19.9 Å². The number of hydrogen-bond acceptors (Lipinski definition) is 2. The Balaban J connectivity index is 3.17. The van der Waals surface area contributed by atoms with Crippen molar-refractivity contribution in [3.05, 3.63) is 39.5 Å². The molecule has 0 aliphatic rings. The summed E-state index contributed by atoms with van der Waals surface area (Å²) in [6.07, 6.45) is 0. The van der Waals surface area contributed by atoms with Gasteiger partial charge in [-0.3, -0.25) is 0 Å². The molecule has 0 aromatic heterocycles. The molecular weight excluding hydrogens is 157 g/mol. The topological polar surface area (TPSA) is 29.4 Å². The first-order valence-corrected chi connectivity index (χ1v) is 3.70. The minimum absolute atomic E-state index is 0.0461. The minimum atomic E-state index is -0.270. The Hall–Kier alpha value is -1.25. The molecule has 0 bridgehead atoms. The van der Waals surface area contributed by atoms with E-state index in [-0.39, 0.29) is 12.4 Å². The SMILES string of the molecule is Cc1cc(F)c(C)c(CN=O)c1. The summed E-state index contributed by atoms with van der Waals surface area (Å²) in [7, 11) is 0. The molecule has 0 saturated heterocycles. The van der Waals surface area contributed by atoms with Gasteiger partial charge in [-0.15, -0.1) is 0 Å². The van der Waals surface area contributed by atoms with Gasteiger partial charge in [-0.25, -0.2) is 4.39 Å². The van der Waals surface area contributed by atoms with Gasteiger partial charge in [0, 0.05) is 0 Å². The molecule has 1 aromatic carbocycles. The van der Waals surface area contributed by atoms with Crippen molar-refractivity contribution in [1.82, 2.24) is 0 Å². The minimum Gasteiger partial charge on any atom is -0.207 e. The zero-order valence-corrected chi connectivity index (χ0v) is 7.10. The lowest BCUT2D eigenvalue weighted by Crippen LogP contribution is -1.92. The monoisotopic (exact) mass is 167 g/mol. The molecule has 1 rings (SSSR count). The van der Waals surface area contributed by atoms with Crippen LogP contribution in [0, 0.1) is 24.6 Å².